The number of fused-ring (bicyclic) bond motifs is 1. The Bertz CT molecular complexity index is 1290. The zero-order chi connectivity index (χ0) is 22.9. The van der Waals surface area contributed by atoms with Gasteiger partial charge in [0.05, 0.1) is 10.9 Å². The average molecular weight is 498 g/mol. The summed E-state index contributed by atoms with van der Waals surface area (Å²) in [5.41, 5.74) is -1.45. The van der Waals surface area contributed by atoms with Gasteiger partial charge in [0.25, 0.3) is 11.5 Å². The number of amides is 2. The number of halogens is 1. The monoisotopic (exact) mass is 497 g/mol. The maximum absolute atomic E-state index is 13.6. The van der Waals surface area contributed by atoms with E-state index in [1.54, 1.807) is 49.4 Å². The number of hydrogen-bond acceptors (Lipinski definition) is 6. The standard InChI is InChI=1S/C23H20BrN3O5/c1-14-25-18-10-9-16(24)12-17(18)20(29)27(14)23(11-5-8-19(28)26-21(23)30)22(31)32-13-15-6-3-2-4-7-15/h2-4,6-7,9-10,12H,5,8,11,13H2,1H3,(H,26,28,30). The Labute approximate surface area is 191 Å². The van der Waals surface area contributed by atoms with Gasteiger partial charge in [-0.1, -0.05) is 46.3 Å². The van der Waals surface area contributed by atoms with E-state index in [9.17, 15) is 19.2 Å². The molecule has 1 unspecified atom stereocenters. The molecule has 2 heterocycles. The zero-order valence-electron chi connectivity index (χ0n) is 17.3. The van der Waals surface area contributed by atoms with Crippen molar-refractivity contribution in [3.63, 3.8) is 0 Å². The number of carbonyl (C=O) groups excluding carboxylic acids is 3. The first-order valence-corrected chi connectivity index (χ1v) is 10.9. The van der Waals surface area contributed by atoms with Crippen molar-refractivity contribution in [2.75, 3.05) is 0 Å². The molecule has 1 fully saturated rings. The molecule has 32 heavy (non-hydrogen) atoms. The van der Waals surface area contributed by atoms with Crippen LogP contribution in [0.4, 0.5) is 0 Å². The van der Waals surface area contributed by atoms with Crippen molar-refractivity contribution in [3.05, 3.63) is 74.7 Å². The van der Waals surface area contributed by atoms with E-state index in [2.05, 4.69) is 26.2 Å². The lowest BCUT2D eigenvalue weighted by Gasteiger charge is -2.31. The summed E-state index contributed by atoms with van der Waals surface area (Å²) in [6, 6.07) is 14.0. The van der Waals surface area contributed by atoms with Crippen molar-refractivity contribution >= 4 is 44.6 Å². The van der Waals surface area contributed by atoms with Gasteiger partial charge in [-0.05, 0) is 43.5 Å². The number of rotatable bonds is 4. The largest absolute Gasteiger partial charge is 0.459 e. The van der Waals surface area contributed by atoms with Crippen molar-refractivity contribution in [3.8, 4) is 0 Å². The lowest BCUT2D eigenvalue weighted by molar-refractivity contribution is -0.161. The first-order chi connectivity index (χ1) is 15.3. The van der Waals surface area contributed by atoms with E-state index in [1.165, 1.54) is 0 Å². The topological polar surface area (TPSA) is 107 Å². The summed E-state index contributed by atoms with van der Waals surface area (Å²) in [7, 11) is 0. The van der Waals surface area contributed by atoms with Crippen LogP contribution in [-0.4, -0.2) is 27.3 Å². The fraction of sp³-hybridized carbons (Fsp3) is 0.261. The van der Waals surface area contributed by atoms with Crippen molar-refractivity contribution < 1.29 is 19.1 Å². The molecule has 8 nitrogen and oxygen atoms in total. The minimum Gasteiger partial charge on any atom is -0.459 e. The minimum atomic E-state index is -2.05. The molecule has 0 aliphatic carbocycles. The number of esters is 1. The van der Waals surface area contributed by atoms with Crippen LogP contribution in [0.15, 0.2) is 57.8 Å². The fourth-order valence-corrected chi connectivity index (χ4v) is 4.33. The lowest BCUT2D eigenvalue weighted by Crippen LogP contribution is -2.58. The van der Waals surface area contributed by atoms with Gasteiger partial charge in [0.15, 0.2) is 0 Å². The minimum absolute atomic E-state index is 0.0554. The summed E-state index contributed by atoms with van der Waals surface area (Å²) in [6.45, 7) is 1.47. The number of carbonyl (C=O) groups is 3. The first-order valence-electron chi connectivity index (χ1n) is 10.1. The van der Waals surface area contributed by atoms with Crippen LogP contribution in [0.3, 0.4) is 0 Å². The SMILES string of the molecule is Cc1nc2ccc(Br)cc2c(=O)n1C1(C(=O)OCc2ccccc2)CCCC(=O)NC1=O. The smallest absolute Gasteiger partial charge is 0.342 e. The highest BCUT2D eigenvalue weighted by Crippen LogP contribution is 2.30. The second-order valence-electron chi connectivity index (χ2n) is 7.61. The summed E-state index contributed by atoms with van der Waals surface area (Å²) in [5.74, 6) is -2.13. The number of aromatic nitrogens is 2. The van der Waals surface area contributed by atoms with Gasteiger partial charge < -0.3 is 4.74 Å². The number of imide groups is 1. The van der Waals surface area contributed by atoms with Gasteiger partial charge >= 0.3 is 5.97 Å². The Hall–Kier alpha value is -3.33. The van der Waals surface area contributed by atoms with Crippen LogP contribution in [0.2, 0.25) is 0 Å². The van der Waals surface area contributed by atoms with E-state index in [1.807, 2.05) is 6.07 Å². The first kappa shape index (κ1) is 21.9. The normalized spacial score (nSPS) is 18.8. The summed E-state index contributed by atoms with van der Waals surface area (Å²) in [6.07, 6.45) is 0.209. The highest BCUT2D eigenvalue weighted by atomic mass is 79.9. The Morgan fingerprint density at radius 2 is 1.94 bits per heavy atom. The average Bonchev–Trinajstić information content (AvgIpc) is 2.91. The maximum atomic E-state index is 13.6. The van der Waals surface area contributed by atoms with E-state index in [0.29, 0.717) is 9.99 Å². The predicted molar refractivity (Wildman–Crippen MR) is 120 cm³/mol. The Balaban J connectivity index is 1.88. The quantitative estimate of drug-likeness (QED) is 0.337. The van der Waals surface area contributed by atoms with Crippen LogP contribution >= 0.6 is 15.9 Å². The Kier molecular flexibility index (Phi) is 5.92. The third kappa shape index (κ3) is 3.84. The van der Waals surface area contributed by atoms with Gasteiger partial charge in [0, 0.05) is 10.9 Å². The van der Waals surface area contributed by atoms with Crippen LogP contribution in [0.1, 0.15) is 30.7 Å². The maximum Gasteiger partial charge on any atom is 0.342 e. The third-order valence-electron chi connectivity index (χ3n) is 5.50. The molecule has 1 saturated heterocycles. The van der Waals surface area contributed by atoms with Gasteiger partial charge in [-0.25, -0.2) is 9.78 Å². The van der Waals surface area contributed by atoms with Crippen LogP contribution < -0.4 is 10.9 Å². The van der Waals surface area contributed by atoms with Gasteiger partial charge in [-0.15, -0.1) is 0 Å². The number of nitrogens with zero attached hydrogens (tertiary/aromatic N) is 2. The van der Waals surface area contributed by atoms with Gasteiger partial charge in [0.2, 0.25) is 11.4 Å². The predicted octanol–water partition coefficient (Wildman–Crippen LogP) is 2.73. The van der Waals surface area contributed by atoms with Crippen LogP contribution in [0.25, 0.3) is 10.9 Å². The van der Waals surface area contributed by atoms with Crippen molar-refractivity contribution in [1.82, 2.24) is 14.9 Å². The summed E-state index contributed by atoms with van der Waals surface area (Å²) in [5, 5.41) is 2.49. The number of benzene rings is 2. The summed E-state index contributed by atoms with van der Waals surface area (Å²) >= 11 is 3.34. The lowest BCUT2D eigenvalue weighted by atomic mass is 9.91. The molecular formula is C23H20BrN3O5. The van der Waals surface area contributed by atoms with Crippen molar-refractivity contribution in [2.45, 2.75) is 38.3 Å². The van der Waals surface area contributed by atoms with Gasteiger partial charge in [0.1, 0.15) is 12.4 Å². The summed E-state index contributed by atoms with van der Waals surface area (Å²) in [4.78, 5) is 56.8. The molecule has 164 valence electrons. The van der Waals surface area contributed by atoms with Crippen molar-refractivity contribution in [2.24, 2.45) is 0 Å². The number of nitrogens with one attached hydrogen (secondary N) is 1. The molecule has 0 saturated carbocycles. The molecule has 9 heteroatoms. The number of ether oxygens (including phenoxy) is 1. The van der Waals surface area contributed by atoms with Gasteiger partial charge in [-0.2, -0.15) is 0 Å². The molecule has 0 bridgehead atoms. The molecular weight excluding hydrogens is 478 g/mol. The highest BCUT2D eigenvalue weighted by molar-refractivity contribution is 9.10. The van der Waals surface area contributed by atoms with E-state index < -0.39 is 28.9 Å². The molecule has 2 amide bonds. The van der Waals surface area contributed by atoms with Crippen LogP contribution in [0.5, 0.6) is 0 Å². The van der Waals surface area contributed by atoms with Crippen LogP contribution in [-0.2, 0) is 31.3 Å². The van der Waals surface area contributed by atoms with E-state index in [-0.39, 0.29) is 37.1 Å². The third-order valence-corrected chi connectivity index (χ3v) is 5.99. The zero-order valence-corrected chi connectivity index (χ0v) is 18.8. The number of aryl methyl sites for hydroxylation is 1. The molecule has 0 spiro atoms. The van der Waals surface area contributed by atoms with E-state index in [4.69, 9.17) is 4.74 Å². The number of hydrogen-bond donors (Lipinski definition) is 1. The Morgan fingerprint density at radius 3 is 2.69 bits per heavy atom. The molecule has 1 aromatic heterocycles. The van der Waals surface area contributed by atoms with E-state index in [0.717, 1.165) is 10.1 Å². The highest BCUT2D eigenvalue weighted by Gasteiger charge is 2.52. The van der Waals surface area contributed by atoms with Crippen LogP contribution in [0, 0.1) is 6.92 Å². The Morgan fingerprint density at radius 1 is 1.19 bits per heavy atom. The molecule has 1 atom stereocenters. The molecule has 2 aromatic carbocycles. The molecule has 1 aliphatic rings. The molecule has 1 N–H and O–H groups in total. The van der Waals surface area contributed by atoms with E-state index >= 15 is 0 Å². The molecule has 1 aliphatic heterocycles. The fourth-order valence-electron chi connectivity index (χ4n) is 3.97. The second kappa shape index (κ2) is 8.66. The molecule has 3 aromatic rings. The second-order valence-corrected chi connectivity index (χ2v) is 8.53. The van der Waals surface area contributed by atoms with Crippen molar-refractivity contribution in [1.29, 1.82) is 0 Å². The summed E-state index contributed by atoms with van der Waals surface area (Å²) < 4.78 is 7.25. The van der Waals surface area contributed by atoms with Gasteiger partial charge in [-0.3, -0.25) is 24.3 Å². The molecule has 4 rings (SSSR count). The molecule has 0 radical (unpaired) electrons.